The number of hydrogen-bond donors (Lipinski definition) is 1. The number of carbonyl (C=O) groups is 1. The number of aromatic nitrogens is 2. The minimum absolute atomic E-state index is 0.00821. The van der Waals surface area contributed by atoms with Crippen molar-refractivity contribution in [3.05, 3.63) is 126 Å². The zero-order chi connectivity index (χ0) is 21.8. The van der Waals surface area contributed by atoms with Crippen molar-refractivity contribution in [3.8, 4) is 11.4 Å². The van der Waals surface area contributed by atoms with Crippen LogP contribution in [-0.2, 0) is 13.1 Å². The van der Waals surface area contributed by atoms with Crippen LogP contribution in [-0.4, -0.2) is 20.8 Å². The molecule has 0 fully saturated rings. The minimum atomic E-state index is 0.00821. The van der Waals surface area contributed by atoms with Crippen molar-refractivity contribution in [1.29, 1.82) is 0 Å². The lowest BCUT2D eigenvalue weighted by molar-refractivity contribution is 0.0730. The standard InChI is InChI=1S/C28H23N3O/c32-28(31(19-21-9-3-1-4-10-21)20-22-11-5-2-6-12-22)24-17-15-23(16-18-24)27-29-25-13-7-8-14-26(25)30-27/h1-18H,19-20H2,(H,29,30). The summed E-state index contributed by atoms with van der Waals surface area (Å²) in [5, 5.41) is 0. The lowest BCUT2D eigenvalue weighted by Crippen LogP contribution is -2.30. The van der Waals surface area contributed by atoms with Gasteiger partial charge in [-0.1, -0.05) is 84.9 Å². The van der Waals surface area contributed by atoms with Gasteiger partial charge >= 0.3 is 0 Å². The number of amides is 1. The number of aromatic amines is 1. The Bertz CT molecular complexity index is 1250. The van der Waals surface area contributed by atoms with Crippen molar-refractivity contribution in [2.24, 2.45) is 0 Å². The van der Waals surface area contributed by atoms with Crippen LogP contribution in [0.4, 0.5) is 0 Å². The van der Waals surface area contributed by atoms with E-state index in [-0.39, 0.29) is 5.91 Å². The molecule has 1 N–H and O–H groups in total. The Labute approximate surface area is 187 Å². The fourth-order valence-electron chi connectivity index (χ4n) is 3.85. The maximum atomic E-state index is 13.4. The first-order chi connectivity index (χ1) is 15.8. The first-order valence-corrected chi connectivity index (χ1v) is 10.7. The van der Waals surface area contributed by atoms with Crippen LogP contribution in [0.15, 0.2) is 109 Å². The van der Waals surface area contributed by atoms with E-state index in [2.05, 4.69) is 34.2 Å². The number of carbonyl (C=O) groups excluding carboxylic acids is 1. The van der Waals surface area contributed by atoms with Crippen molar-refractivity contribution in [1.82, 2.24) is 14.9 Å². The van der Waals surface area contributed by atoms with E-state index >= 15 is 0 Å². The molecule has 5 rings (SSSR count). The molecule has 0 atom stereocenters. The molecule has 0 unspecified atom stereocenters. The predicted molar refractivity (Wildman–Crippen MR) is 128 cm³/mol. The molecule has 4 aromatic carbocycles. The molecule has 0 bridgehead atoms. The number of fused-ring (bicyclic) bond motifs is 1. The molecule has 0 aliphatic carbocycles. The zero-order valence-corrected chi connectivity index (χ0v) is 17.6. The molecule has 0 aliphatic heterocycles. The summed E-state index contributed by atoms with van der Waals surface area (Å²) in [6.45, 7) is 1.11. The van der Waals surface area contributed by atoms with Gasteiger partial charge in [0.25, 0.3) is 5.91 Å². The van der Waals surface area contributed by atoms with E-state index in [1.165, 1.54) is 0 Å². The molecule has 1 heterocycles. The van der Waals surface area contributed by atoms with Gasteiger partial charge in [-0.25, -0.2) is 4.98 Å². The molecular weight excluding hydrogens is 394 g/mol. The predicted octanol–water partition coefficient (Wildman–Crippen LogP) is 6.07. The van der Waals surface area contributed by atoms with E-state index in [4.69, 9.17) is 0 Å². The third-order valence-corrected chi connectivity index (χ3v) is 5.51. The van der Waals surface area contributed by atoms with Crippen molar-refractivity contribution >= 4 is 16.9 Å². The minimum Gasteiger partial charge on any atom is -0.338 e. The Balaban J connectivity index is 1.40. The average molecular weight is 418 g/mol. The van der Waals surface area contributed by atoms with Gasteiger partial charge in [0.15, 0.2) is 0 Å². The van der Waals surface area contributed by atoms with E-state index in [9.17, 15) is 4.79 Å². The molecule has 0 spiro atoms. The van der Waals surface area contributed by atoms with Crippen molar-refractivity contribution in [2.45, 2.75) is 13.1 Å². The number of hydrogen-bond acceptors (Lipinski definition) is 2. The first-order valence-electron chi connectivity index (χ1n) is 10.7. The van der Waals surface area contributed by atoms with Crippen molar-refractivity contribution in [3.63, 3.8) is 0 Å². The summed E-state index contributed by atoms with van der Waals surface area (Å²) in [6, 6.07) is 35.8. The van der Waals surface area contributed by atoms with Gasteiger partial charge in [-0.3, -0.25) is 4.79 Å². The van der Waals surface area contributed by atoms with Gasteiger partial charge in [-0.15, -0.1) is 0 Å². The molecule has 4 heteroatoms. The highest BCUT2D eigenvalue weighted by Gasteiger charge is 2.17. The Morgan fingerprint density at radius 2 is 1.25 bits per heavy atom. The second kappa shape index (κ2) is 8.90. The van der Waals surface area contributed by atoms with Crippen molar-refractivity contribution in [2.75, 3.05) is 0 Å². The highest BCUT2D eigenvalue weighted by atomic mass is 16.2. The van der Waals surface area contributed by atoms with E-state index in [0.717, 1.165) is 33.5 Å². The van der Waals surface area contributed by atoms with Crippen LogP contribution in [0, 0.1) is 0 Å². The summed E-state index contributed by atoms with van der Waals surface area (Å²) >= 11 is 0. The van der Waals surface area contributed by atoms with E-state index in [0.29, 0.717) is 18.7 Å². The normalized spacial score (nSPS) is 10.9. The largest absolute Gasteiger partial charge is 0.338 e. The van der Waals surface area contributed by atoms with E-state index in [1.54, 1.807) is 0 Å². The zero-order valence-electron chi connectivity index (χ0n) is 17.6. The highest BCUT2D eigenvalue weighted by molar-refractivity contribution is 5.94. The summed E-state index contributed by atoms with van der Waals surface area (Å²) in [5.41, 5.74) is 5.76. The highest BCUT2D eigenvalue weighted by Crippen LogP contribution is 2.22. The summed E-state index contributed by atoms with van der Waals surface area (Å²) in [6.07, 6.45) is 0. The Kier molecular flexibility index (Phi) is 5.50. The lowest BCUT2D eigenvalue weighted by atomic mass is 10.1. The lowest BCUT2D eigenvalue weighted by Gasteiger charge is -2.23. The Morgan fingerprint density at radius 3 is 1.84 bits per heavy atom. The van der Waals surface area contributed by atoms with Gasteiger partial charge in [0.2, 0.25) is 0 Å². The molecule has 4 nitrogen and oxygen atoms in total. The molecule has 1 amide bonds. The maximum Gasteiger partial charge on any atom is 0.254 e. The first kappa shape index (κ1) is 19.8. The van der Waals surface area contributed by atoms with Gasteiger partial charge in [0.1, 0.15) is 5.82 Å². The van der Waals surface area contributed by atoms with E-state index < -0.39 is 0 Å². The fraction of sp³-hybridized carbons (Fsp3) is 0.0714. The molecular formula is C28H23N3O. The van der Waals surface area contributed by atoms with Crippen LogP contribution >= 0.6 is 0 Å². The molecule has 0 radical (unpaired) electrons. The van der Waals surface area contributed by atoms with E-state index in [1.807, 2.05) is 89.8 Å². The topological polar surface area (TPSA) is 49.0 Å². The van der Waals surface area contributed by atoms with Gasteiger partial charge in [-0.2, -0.15) is 0 Å². The van der Waals surface area contributed by atoms with Crippen LogP contribution in [0.3, 0.4) is 0 Å². The summed E-state index contributed by atoms with van der Waals surface area (Å²) in [4.78, 5) is 23.3. The molecule has 0 saturated heterocycles. The third kappa shape index (κ3) is 4.30. The SMILES string of the molecule is O=C(c1ccc(-c2nc3ccccc3[nH]2)cc1)N(Cc1ccccc1)Cc1ccccc1. The number of nitrogens with one attached hydrogen (secondary N) is 1. The van der Waals surface area contributed by atoms with Crippen LogP contribution in [0.5, 0.6) is 0 Å². The summed E-state index contributed by atoms with van der Waals surface area (Å²) in [7, 11) is 0. The molecule has 0 aliphatic rings. The Hall–Kier alpha value is -4.18. The molecule has 0 saturated carbocycles. The number of benzene rings is 4. The number of rotatable bonds is 6. The fourth-order valence-corrected chi connectivity index (χ4v) is 3.85. The smallest absolute Gasteiger partial charge is 0.254 e. The molecule has 156 valence electrons. The molecule has 5 aromatic rings. The summed E-state index contributed by atoms with van der Waals surface area (Å²) in [5.74, 6) is 0.810. The summed E-state index contributed by atoms with van der Waals surface area (Å²) < 4.78 is 0. The monoisotopic (exact) mass is 417 g/mol. The van der Waals surface area contributed by atoms with Crippen LogP contribution < -0.4 is 0 Å². The quantitative estimate of drug-likeness (QED) is 0.364. The van der Waals surface area contributed by atoms with Gasteiger partial charge in [-0.05, 0) is 35.4 Å². The van der Waals surface area contributed by atoms with Crippen LogP contribution in [0.25, 0.3) is 22.4 Å². The number of imidazole rings is 1. The Morgan fingerprint density at radius 1 is 0.688 bits per heavy atom. The third-order valence-electron chi connectivity index (χ3n) is 5.51. The average Bonchev–Trinajstić information content (AvgIpc) is 3.29. The molecule has 1 aromatic heterocycles. The maximum absolute atomic E-state index is 13.4. The molecule has 32 heavy (non-hydrogen) atoms. The van der Waals surface area contributed by atoms with Crippen LogP contribution in [0.2, 0.25) is 0 Å². The van der Waals surface area contributed by atoms with Gasteiger partial charge < -0.3 is 9.88 Å². The van der Waals surface area contributed by atoms with Crippen molar-refractivity contribution < 1.29 is 4.79 Å². The second-order valence-corrected chi connectivity index (χ2v) is 7.81. The van der Waals surface area contributed by atoms with Crippen LogP contribution in [0.1, 0.15) is 21.5 Å². The number of H-pyrrole nitrogens is 1. The number of para-hydroxylation sites is 2. The van der Waals surface area contributed by atoms with Gasteiger partial charge in [0.05, 0.1) is 11.0 Å². The second-order valence-electron chi connectivity index (χ2n) is 7.81. The van der Waals surface area contributed by atoms with Gasteiger partial charge in [0, 0.05) is 24.2 Å². The number of nitrogens with zero attached hydrogens (tertiary/aromatic N) is 2.